The number of Topliss-reactive ketones (excluding diaryl/α,β-unsaturated/α-hetero) is 1. The smallest absolute Gasteiger partial charge is 0.220 e. The van der Waals surface area contributed by atoms with Gasteiger partial charge in [0, 0.05) is 6.20 Å². The van der Waals surface area contributed by atoms with Crippen molar-refractivity contribution >= 4 is 12.0 Å². The van der Waals surface area contributed by atoms with Crippen LogP contribution < -0.4 is 0 Å². The maximum atomic E-state index is 11.0. The van der Waals surface area contributed by atoms with E-state index in [1.165, 1.54) is 6.21 Å². The second-order valence-electron chi connectivity index (χ2n) is 2.18. The highest BCUT2D eigenvalue weighted by atomic mass is 16.1. The van der Waals surface area contributed by atoms with Crippen LogP contribution >= 0.6 is 0 Å². The van der Waals surface area contributed by atoms with Crippen molar-refractivity contribution in [3.05, 3.63) is 24.0 Å². The zero-order chi connectivity index (χ0) is 6.97. The van der Waals surface area contributed by atoms with Crippen LogP contribution in [0.15, 0.2) is 23.3 Å². The maximum absolute atomic E-state index is 11.0. The highest BCUT2D eigenvalue weighted by Gasteiger charge is 2.10. The number of carbonyl (C=O) groups is 1. The first-order chi connectivity index (χ1) is 4.88. The van der Waals surface area contributed by atoms with Crippen LogP contribution in [0.1, 0.15) is 10.5 Å². The molecule has 0 bridgehead atoms. The van der Waals surface area contributed by atoms with Gasteiger partial charge in [0.05, 0.1) is 11.9 Å². The predicted molar refractivity (Wildman–Crippen MR) is 37.3 cm³/mol. The van der Waals surface area contributed by atoms with E-state index in [1.807, 2.05) is 16.8 Å². The Morgan fingerprint density at radius 1 is 1.60 bits per heavy atom. The van der Waals surface area contributed by atoms with E-state index in [0.717, 1.165) is 5.69 Å². The minimum atomic E-state index is -0.00347. The number of aromatic nitrogens is 1. The number of carbonyl (C=O) groups excluding carboxylic acids is 1. The van der Waals surface area contributed by atoms with E-state index in [0.29, 0.717) is 6.67 Å². The van der Waals surface area contributed by atoms with Crippen LogP contribution in [-0.4, -0.2) is 16.6 Å². The number of aliphatic imine (C=N–C) groups is 1. The lowest BCUT2D eigenvalue weighted by Crippen LogP contribution is -2.13. The molecule has 0 N–H and O–H groups in total. The molecule has 0 unspecified atom stereocenters. The van der Waals surface area contributed by atoms with E-state index >= 15 is 0 Å². The Hall–Kier alpha value is -1.38. The van der Waals surface area contributed by atoms with Crippen LogP contribution in [0, 0.1) is 0 Å². The number of fused-ring (bicyclic) bond motifs is 1. The molecule has 0 aliphatic carbocycles. The molecule has 0 amide bonds. The summed E-state index contributed by atoms with van der Waals surface area (Å²) in [5.74, 6) is -0.00347. The molecular weight excluding hydrogens is 128 g/mol. The van der Waals surface area contributed by atoms with E-state index in [-0.39, 0.29) is 5.78 Å². The zero-order valence-electron chi connectivity index (χ0n) is 5.32. The van der Waals surface area contributed by atoms with Crippen molar-refractivity contribution in [1.29, 1.82) is 0 Å². The average Bonchev–Trinajstić information content (AvgIpc) is 2.36. The molecule has 1 aromatic heterocycles. The molecular formula is C7H6N2O. The minimum absolute atomic E-state index is 0.00347. The second kappa shape index (κ2) is 1.80. The summed E-state index contributed by atoms with van der Waals surface area (Å²) in [6.07, 6.45) is 3.22. The maximum Gasteiger partial charge on any atom is 0.220 e. The zero-order valence-corrected chi connectivity index (χ0v) is 5.32. The molecule has 3 heteroatoms. The SMILES string of the molecule is O=C1C=NCn2cccc21. The number of rotatable bonds is 0. The van der Waals surface area contributed by atoms with Crippen molar-refractivity contribution in [2.75, 3.05) is 0 Å². The minimum Gasteiger partial charge on any atom is -0.325 e. The fourth-order valence-corrected chi connectivity index (χ4v) is 1.04. The van der Waals surface area contributed by atoms with E-state index in [1.54, 1.807) is 6.07 Å². The lowest BCUT2D eigenvalue weighted by molar-refractivity contribution is 0.105. The topological polar surface area (TPSA) is 34.4 Å². The van der Waals surface area contributed by atoms with Crippen molar-refractivity contribution in [1.82, 2.24) is 4.57 Å². The predicted octanol–water partition coefficient (Wildman–Crippen LogP) is 0.713. The quantitative estimate of drug-likeness (QED) is 0.514. The van der Waals surface area contributed by atoms with Gasteiger partial charge >= 0.3 is 0 Å². The van der Waals surface area contributed by atoms with Gasteiger partial charge < -0.3 is 4.57 Å². The molecule has 1 aliphatic rings. The molecule has 0 aromatic carbocycles. The molecule has 0 saturated heterocycles. The number of hydrogen-bond acceptors (Lipinski definition) is 2. The summed E-state index contributed by atoms with van der Waals surface area (Å²) in [6, 6.07) is 3.65. The highest BCUT2D eigenvalue weighted by Crippen LogP contribution is 2.05. The van der Waals surface area contributed by atoms with Crippen LogP contribution in [0.4, 0.5) is 0 Å². The van der Waals surface area contributed by atoms with Gasteiger partial charge in [-0.1, -0.05) is 0 Å². The lowest BCUT2D eigenvalue weighted by atomic mass is 10.3. The Balaban J connectivity index is 2.58. The Kier molecular flexibility index (Phi) is 0.974. The van der Waals surface area contributed by atoms with Gasteiger partial charge in [-0.05, 0) is 12.1 Å². The molecule has 50 valence electrons. The van der Waals surface area contributed by atoms with Gasteiger partial charge in [0.25, 0.3) is 0 Å². The summed E-state index contributed by atoms with van der Waals surface area (Å²) >= 11 is 0. The summed E-state index contributed by atoms with van der Waals surface area (Å²) in [6.45, 7) is 0.577. The number of ketones is 1. The Labute approximate surface area is 58.0 Å². The van der Waals surface area contributed by atoms with Crippen LogP contribution in [-0.2, 0) is 6.67 Å². The molecule has 1 aromatic rings. The van der Waals surface area contributed by atoms with Crippen LogP contribution in [0.2, 0.25) is 0 Å². The molecule has 2 heterocycles. The normalized spacial score (nSPS) is 15.4. The second-order valence-corrected chi connectivity index (χ2v) is 2.18. The first-order valence-corrected chi connectivity index (χ1v) is 3.07. The molecule has 0 atom stereocenters. The molecule has 0 saturated carbocycles. The molecule has 10 heavy (non-hydrogen) atoms. The van der Waals surface area contributed by atoms with Crippen molar-refractivity contribution in [3.63, 3.8) is 0 Å². The molecule has 3 nitrogen and oxygen atoms in total. The first kappa shape index (κ1) is 5.41. The van der Waals surface area contributed by atoms with Crippen molar-refractivity contribution in [2.24, 2.45) is 4.99 Å². The van der Waals surface area contributed by atoms with Gasteiger partial charge in [0.15, 0.2) is 0 Å². The van der Waals surface area contributed by atoms with E-state index in [4.69, 9.17) is 0 Å². The third kappa shape index (κ3) is 0.603. The summed E-state index contributed by atoms with van der Waals surface area (Å²) in [5, 5.41) is 0. The fourth-order valence-electron chi connectivity index (χ4n) is 1.04. The van der Waals surface area contributed by atoms with E-state index in [2.05, 4.69) is 4.99 Å². The largest absolute Gasteiger partial charge is 0.325 e. The third-order valence-corrected chi connectivity index (χ3v) is 1.52. The van der Waals surface area contributed by atoms with Crippen LogP contribution in [0.5, 0.6) is 0 Å². The lowest BCUT2D eigenvalue weighted by Gasteiger charge is -2.06. The van der Waals surface area contributed by atoms with Gasteiger partial charge in [-0.25, -0.2) is 0 Å². The Bertz CT molecular complexity index is 298. The van der Waals surface area contributed by atoms with E-state index in [9.17, 15) is 4.79 Å². The van der Waals surface area contributed by atoms with Gasteiger partial charge in [-0.15, -0.1) is 0 Å². The number of nitrogens with zero attached hydrogens (tertiary/aromatic N) is 2. The molecule has 0 fully saturated rings. The molecule has 2 rings (SSSR count). The van der Waals surface area contributed by atoms with Crippen LogP contribution in [0.3, 0.4) is 0 Å². The Morgan fingerprint density at radius 2 is 2.50 bits per heavy atom. The highest BCUT2D eigenvalue weighted by molar-refractivity contribution is 6.35. The monoisotopic (exact) mass is 134 g/mol. The standard InChI is InChI=1S/C7H6N2O/c10-7-4-8-5-9-3-1-2-6(7)9/h1-4H,5H2. The van der Waals surface area contributed by atoms with Crippen molar-refractivity contribution in [3.8, 4) is 0 Å². The summed E-state index contributed by atoms with van der Waals surface area (Å²) in [7, 11) is 0. The summed E-state index contributed by atoms with van der Waals surface area (Å²) in [4.78, 5) is 14.8. The molecule has 0 radical (unpaired) electrons. The van der Waals surface area contributed by atoms with Gasteiger partial charge in [-0.2, -0.15) is 0 Å². The third-order valence-electron chi connectivity index (χ3n) is 1.52. The van der Waals surface area contributed by atoms with Crippen molar-refractivity contribution in [2.45, 2.75) is 6.67 Å². The van der Waals surface area contributed by atoms with Crippen molar-refractivity contribution < 1.29 is 4.79 Å². The summed E-state index contributed by atoms with van der Waals surface area (Å²) < 4.78 is 1.82. The first-order valence-electron chi connectivity index (χ1n) is 3.07. The van der Waals surface area contributed by atoms with Gasteiger partial charge in [-0.3, -0.25) is 9.79 Å². The average molecular weight is 134 g/mol. The molecule has 0 spiro atoms. The van der Waals surface area contributed by atoms with Gasteiger partial charge in [0.1, 0.15) is 6.67 Å². The van der Waals surface area contributed by atoms with Crippen LogP contribution in [0.25, 0.3) is 0 Å². The van der Waals surface area contributed by atoms with E-state index < -0.39 is 0 Å². The number of hydrogen-bond donors (Lipinski definition) is 0. The Morgan fingerprint density at radius 3 is 3.30 bits per heavy atom. The van der Waals surface area contributed by atoms with Gasteiger partial charge in [0.2, 0.25) is 5.78 Å². The summed E-state index contributed by atoms with van der Waals surface area (Å²) in [5.41, 5.74) is 0.731. The fraction of sp³-hybridized carbons (Fsp3) is 0.143. The molecule has 1 aliphatic heterocycles.